The van der Waals surface area contributed by atoms with Gasteiger partial charge in [0, 0.05) is 0 Å². The number of carboxylic acids is 1. The van der Waals surface area contributed by atoms with Crippen molar-refractivity contribution in [2.45, 2.75) is 39.7 Å². The largest absolute Gasteiger partial charge is 0.494 e. The molecule has 2 N–H and O–H groups in total. The zero-order chi connectivity index (χ0) is 15.8. The van der Waals surface area contributed by atoms with Gasteiger partial charge in [0.1, 0.15) is 11.8 Å². The third-order valence-electron chi connectivity index (χ3n) is 2.94. The summed E-state index contributed by atoms with van der Waals surface area (Å²) < 4.78 is 5.33. The molecule has 0 fully saturated rings. The normalized spacial score (nSPS) is 12.0. The molecule has 0 spiro atoms. The van der Waals surface area contributed by atoms with Gasteiger partial charge in [-0.1, -0.05) is 26.0 Å². The fourth-order valence-corrected chi connectivity index (χ4v) is 1.99. The molecule has 0 aliphatic heterocycles. The molecule has 21 heavy (non-hydrogen) atoms. The van der Waals surface area contributed by atoms with Gasteiger partial charge in [-0.15, -0.1) is 0 Å². The first-order chi connectivity index (χ1) is 9.92. The lowest BCUT2D eigenvalue weighted by atomic mass is 10.0. The third-order valence-corrected chi connectivity index (χ3v) is 2.94. The van der Waals surface area contributed by atoms with E-state index in [9.17, 15) is 9.59 Å². The van der Waals surface area contributed by atoms with Gasteiger partial charge in [-0.3, -0.25) is 4.79 Å². The Labute approximate surface area is 125 Å². The summed E-state index contributed by atoms with van der Waals surface area (Å²) in [5, 5.41) is 11.7. The molecule has 0 aliphatic rings. The fourth-order valence-electron chi connectivity index (χ4n) is 1.99. The molecule has 0 saturated heterocycles. The van der Waals surface area contributed by atoms with E-state index < -0.39 is 12.0 Å². The minimum atomic E-state index is -0.997. The molecule has 0 heterocycles. The van der Waals surface area contributed by atoms with Crippen LogP contribution in [0.1, 0.15) is 32.8 Å². The first kappa shape index (κ1) is 17.0. The Morgan fingerprint density at radius 3 is 2.33 bits per heavy atom. The Morgan fingerprint density at radius 2 is 1.86 bits per heavy atom. The van der Waals surface area contributed by atoms with Gasteiger partial charge in [0.2, 0.25) is 5.91 Å². The number of aliphatic carboxylic acids is 1. The van der Waals surface area contributed by atoms with Crippen molar-refractivity contribution in [3.05, 3.63) is 29.8 Å². The quantitative estimate of drug-likeness (QED) is 0.770. The Balaban J connectivity index is 2.57. The Bertz CT molecular complexity index is 468. The van der Waals surface area contributed by atoms with E-state index >= 15 is 0 Å². The molecule has 0 saturated carbocycles. The van der Waals surface area contributed by atoms with Crippen molar-refractivity contribution in [2.75, 3.05) is 6.61 Å². The molecule has 1 aromatic rings. The molecule has 0 unspecified atom stereocenters. The molecule has 1 amide bonds. The average molecular weight is 293 g/mol. The van der Waals surface area contributed by atoms with Gasteiger partial charge in [-0.05, 0) is 37.0 Å². The molecule has 0 radical (unpaired) electrons. The highest BCUT2D eigenvalue weighted by Crippen LogP contribution is 2.13. The van der Waals surface area contributed by atoms with E-state index in [1.54, 1.807) is 12.1 Å². The lowest BCUT2D eigenvalue weighted by Crippen LogP contribution is -2.42. The summed E-state index contributed by atoms with van der Waals surface area (Å²) in [6.07, 6.45) is 0.582. The van der Waals surface area contributed by atoms with Crippen molar-refractivity contribution in [3.8, 4) is 5.75 Å². The van der Waals surface area contributed by atoms with Crippen molar-refractivity contribution in [1.82, 2.24) is 5.32 Å². The standard InChI is InChI=1S/C16H23NO4/c1-4-21-13-7-5-12(6-8-13)10-15(18)17-14(16(19)20)9-11(2)3/h5-8,11,14H,4,9-10H2,1-3H3,(H,17,18)(H,19,20)/t14-/m1/s1. The van der Waals surface area contributed by atoms with Crippen molar-refractivity contribution < 1.29 is 19.4 Å². The third kappa shape index (κ3) is 6.29. The lowest BCUT2D eigenvalue weighted by Gasteiger charge is -2.16. The number of benzene rings is 1. The molecule has 0 aliphatic carbocycles. The summed E-state index contributed by atoms with van der Waals surface area (Å²) in [6.45, 7) is 6.35. The predicted molar refractivity (Wildman–Crippen MR) is 80.3 cm³/mol. The zero-order valence-corrected chi connectivity index (χ0v) is 12.8. The second kappa shape index (κ2) is 8.29. The highest BCUT2D eigenvalue weighted by atomic mass is 16.5. The van der Waals surface area contributed by atoms with E-state index in [0.717, 1.165) is 11.3 Å². The molecule has 116 valence electrons. The van der Waals surface area contributed by atoms with Gasteiger partial charge in [0.05, 0.1) is 13.0 Å². The van der Waals surface area contributed by atoms with Crippen molar-refractivity contribution >= 4 is 11.9 Å². The van der Waals surface area contributed by atoms with Crippen LogP contribution >= 0.6 is 0 Å². The van der Waals surface area contributed by atoms with E-state index in [0.29, 0.717) is 13.0 Å². The van der Waals surface area contributed by atoms with Crippen LogP contribution in [0.15, 0.2) is 24.3 Å². The van der Waals surface area contributed by atoms with Crippen LogP contribution in [0.4, 0.5) is 0 Å². The van der Waals surface area contributed by atoms with Gasteiger partial charge in [0.15, 0.2) is 0 Å². The van der Waals surface area contributed by atoms with Gasteiger partial charge in [-0.2, -0.15) is 0 Å². The van der Waals surface area contributed by atoms with Crippen LogP contribution in [-0.4, -0.2) is 29.6 Å². The minimum Gasteiger partial charge on any atom is -0.494 e. The van der Waals surface area contributed by atoms with E-state index in [1.165, 1.54) is 0 Å². The topological polar surface area (TPSA) is 75.6 Å². The van der Waals surface area contributed by atoms with E-state index in [1.807, 2.05) is 32.9 Å². The minimum absolute atomic E-state index is 0.161. The summed E-state index contributed by atoms with van der Waals surface area (Å²) in [6, 6.07) is 6.38. The maximum Gasteiger partial charge on any atom is 0.326 e. The predicted octanol–water partition coefficient (Wildman–Crippen LogP) is 2.24. The number of amides is 1. The summed E-state index contributed by atoms with van der Waals surface area (Å²) in [5.41, 5.74) is 0.824. The first-order valence-corrected chi connectivity index (χ1v) is 7.16. The second-order valence-corrected chi connectivity index (χ2v) is 5.34. The molecular formula is C16H23NO4. The van der Waals surface area contributed by atoms with E-state index in [-0.39, 0.29) is 18.2 Å². The van der Waals surface area contributed by atoms with Crippen LogP contribution in [0, 0.1) is 5.92 Å². The maximum atomic E-state index is 11.9. The monoisotopic (exact) mass is 293 g/mol. The molecule has 5 heteroatoms. The number of nitrogens with one attached hydrogen (secondary N) is 1. The van der Waals surface area contributed by atoms with Crippen LogP contribution in [0.5, 0.6) is 5.75 Å². The molecule has 1 rings (SSSR count). The molecule has 5 nitrogen and oxygen atoms in total. The summed E-state index contributed by atoms with van der Waals surface area (Å²) in [7, 11) is 0. The highest BCUT2D eigenvalue weighted by molar-refractivity contribution is 5.84. The fraction of sp³-hybridized carbons (Fsp3) is 0.500. The summed E-state index contributed by atoms with van der Waals surface area (Å²) in [4.78, 5) is 23.0. The molecule has 0 aromatic heterocycles. The number of hydrogen-bond acceptors (Lipinski definition) is 3. The zero-order valence-electron chi connectivity index (χ0n) is 12.8. The van der Waals surface area contributed by atoms with E-state index in [4.69, 9.17) is 9.84 Å². The molecule has 1 aromatic carbocycles. The molecule has 0 bridgehead atoms. The average Bonchev–Trinajstić information content (AvgIpc) is 2.40. The Hall–Kier alpha value is -2.04. The number of ether oxygens (including phenoxy) is 1. The SMILES string of the molecule is CCOc1ccc(CC(=O)N[C@H](CC(C)C)C(=O)O)cc1. The number of carboxylic acid groups (broad SMARTS) is 1. The Morgan fingerprint density at radius 1 is 1.24 bits per heavy atom. The van der Waals surface area contributed by atoms with Crippen LogP contribution in [-0.2, 0) is 16.0 Å². The van der Waals surface area contributed by atoms with Crippen LogP contribution in [0.3, 0.4) is 0 Å². The number of rotatable bonds is 8. The number of hydrogen-bond donors (Lipinski definition) is 2. The van der Waals surface area contributed by atoms with Gasteiger partial charge >= 0.3 is 5.97 Å². The molecule has 1 atom stereocenters. The lowest BCUT2D eigenvalue weighted by molar-refractivity contribution is -0.142. The summed E-state index contributed by atoms with van der Waals surface area (Å²) in [5.74, 6) is -0.322. The van der Waals surface area contributed by atoms with Crippen LogP contribution in [0.25, 0.3) is 0 Å². The molecular weight excluding hydrogens is 270 g/mol. The Kier molecular flexibility index (Phi) is 6.72. The maximum absolute atomic E-state index is 11.9. The highest BCUT2D eigenvalue weighted by Gasteiger charge is 2.20. The van der Waals surface area contributed by atoms with Gasteiger partial charge in [-0.25, -0.2) is 4.79 Å². The number of carbonyl (C=O) groups excluding carboxylic acids is 1. The smallest absolute Gasteiger partial charge is 0.326 e. The van der Waals surface area contributed by atoms with Crippen LogP contribution < -0.4 is 10.1 Å². The van der Waals surface area contributed by atoms with Gasteiger partial charge in [0.25, 0.3) is 0 Å². The first-order valence-electron chi connectivity index (χ1n) is 7.16. The van der Waals surface area contributed by atoms with Gasteiger partial charge < -0.3 is 15.2 Å². The second-order valence-electron chi connectivity index (χ2n) is 5.34. The summed E-state index contributed by atoms with van der Waals surface area (Å²) >= 11 is 0. The van der Waals surface area contributed by atoms with Crippen molar-refractivity contribution in [3.63, 3.8) is 0 Å². The van der Waals surface area contributed by atoms with Crippen molar-refractivity contribution in [2.24, 2.45) is 5.92 Å². The number of carbonyl (C=O) groups is 2. The van der Waals surface area contributed by atoms with E-state index in [2.05, 4.69) is 5.32 Å². The van der Waals surface area contributed by atoms with Crippen molar-refractivity contribution in [1.29, 1.82) is 0 Å². The van der Waals surface area contributed by atoms with Crippen LogP contribution in [0.2, 0.25) is 0 Å².